The molecule has 4 nitrogen and oxygen atoms in total. The third-order valence-corrected chi connectivity index (χ3v) is 3.41. The molecule has 1 N–H and O–H groups in total. The van der Waals surface area contributed by atoms with Crippen LogP contribution in [0.1, 0.15) is 24.8 Å². The SMILES string of the molecule is Cc1ccccc1N/C=C\C(=O)C1C(=O)CCCC1=O. The number of Topliss-reactive ketones (excluding diaryl/α,β-unsaturated/α-hetero) is 2. The third-order valence-electron chi connectivity index (χ3n) is 3.41. The molecule has 20 heavy (non-hydrogen) atoms. The van der Waals surface area contributed by atoms with E-state index in [4.69, 9.17) is 0 Å². The Balaban J connectivity index is 2.00. The number of nitrogens with one attached hydrogen (secondary N) is 1. The van der Waals surface area contributed by atoms with E-state index in [2.05, 4.69) is 5.32 Å². The van der Waals surface area contributed by atoms with E-state index >= 15 is 0 Å². The van der Waals surface area contributed by atoms with Gasteiger partial charge in [-0.25, -0.2) is 0 Å². The summed E-state index contributed by atoms with van der Waals surface area (Å²) in [6.45, 7) is 1.95. The van der Waals surface area contributed by atoms with Crippen LogP contribution in [0.2, 0.25) is 0 Å². The van der Waals surface area contributed by atoms with Gasteiger partial charge in [0.1, 0.15) is 5.92 Å². The highest BCUT2D eigenvalue weighted by Crippen LogP contribution is 2.19. The topological polar surface area (TPSA) is 63.2 Å². The summed E-state index contributed by atoms with van der Waals surface area (Å²) < 4.78 is 0. The van der Waals surface area contributed by atoms with Crippen LogP contribution in [0.5, 0.6) is 0 Å². The van der Waals surface area contributed by atoms with Gasteiger partial charge in [-0.05, 0) is 31.1 Å². The highest BCUT2D eigenvalue weighted by atomic mass is 16.2. The van der Waals surface area contributed by atoms with Gasteiger partial charge in [-0.2, -0.15) is 0 Å². The van der Waals surface area contributed by atoms with Crippen LogP contribution in [0.3, 0.4) is 0 Å². The molecule has 1 aromatic carbocycles. The predicted molar refractivity (Wildman–Crippen MR) is 76.3 cm³/mol. The lowest BCUT2D eigenvalue weighted by molar-refractivity contribution is -0.140. The van der Waals surface area contributed by atoms with Crippen molar-refractivity contribution < 1.29 is 14.4 Å². The summed E-state index contributed by atoms with van der Waals surface area (Å²) in [5.74, 6) is -2.03. The maximum absolute atomic E-state index is 11.9. The zero-order valence-electron chi connectivity index (χ0n) is 11.4. The van der Waals surface area contributed by atoms with Gasteiger partial charge in [-0.1, -0.05) is 18.2 Å². The summed E-state index contributed by atoms with van der Waals surface area (Å²) in [5, 5.41) is 2.99. The highest BCUT2D eigenvalue weighted by molar-refractivity contribution is 6.23. The molecule has 0 amide bonds. The monoisotopic (exact) mass is 271 g/mol. The van der Waals surface area contributed by atoms with Crippen LogP contribution in [-0.2, 0) is 14.4 Å². The van der Waals surface area contributed by atoms with E-state index in [9.17, 15) is 14.4 Å². The van der Waals surface area contributed by atoms with Crippen LogP contribution < -0.4 is 5.32 Å². The largest absolute Gasteiger partial charge is 0.361 e. The van der Waals surface area contributed by atoms with E-state index in [-0.39, 0.29) is 11.6 Å². The van der Waals surface area contributed by atoms with Gasteiger partial charge < -0.3 is 5.32 Å². The lowest BCUT2D eigenvalue weighted by atomic mass is 9.84. The Labute approximate surface area is 117 Å². The molecule has 0 heterocycles. The van der Waals surface area contributed by atoms with Crippen LogP contribution in [0.4, 0.5) is 5.69 Å². The van der Waals surface area contributed by atoms with Crippen molar-refractivity contribution in [1.29, 1.82) is 0 Å². The van der Waals surface area contributed by atoms with E-state index in [1.54, 1.807) is 0 Å². The Morgan fingerprint density at radius 2 is 1.85 bits per heavy atom. The molecule has 0 unspecified atom stereocenters. The summed E-state index contributed by atoms with van der Waals surface area (Å²) in [4.78, 5) is 35.2. The number of hydrogen-bond donors (Lipinski definition) is 1. The lowest BCUT2D eigenvalue weighted by Crippen LogP contribution is -2.34. The van der Waals surface area contributed by atoms with E-state index in [0.717, 1.165) is 11.3 Å². The smallest absolute Gasteiger partial charge is 0.175 e. The first kappa shape index (κ1) is 14.2. The van der Waals surface area contributed by atoms with Crippen LogP contribution in [0.25, 0.3) is 0 Å². The fraction of sp³-hybridized carbons (Fsp3) is 0.312. The molecular weight excluding hydrogens is 254 g/mol. The van der Waals surface area contributed by atoms with Crippen molar-refractivity contribution in [3.8, 4) is 0 Å². The summed E-state index contributed by atoms with van der Waals surface area (Å²) in [7, 11) is 0. The Bertz CT molecular complexity index is 559. The zero-order valence-corrected chi connectivity index (χ0v) is 11.4. The summed E-state index contributed by atoms with van der Waals surface area (Å²) in [6, 6.07) is 7.65. The van der Waals surface area contributed by atoms with Gasteiger partial charge in [0.05, 0.1) is 0 Å². The number of carbonyl (C=O) groups excluding carboxylic acids is 3. The minimum Gasteiger partial charge on any atom is -0.361 e. The van der Waals surface area contributed by atoms with Crippen molar-refractivity contribution in [2.24, 2.45) is 5.92 Å². The van der Waals surface area contributed by atoms with E-state index in [1.807, 2.05) is 31.2 Å². The van der Waals surface area contributed by atoms with E-state index in [1.165, 1.54) is 12.3 Å². The molecule has 0 aliphatic heterocycles. The van der Waals surface area contributed by atoms with Crippen LogP contribution in [0, 0.1) is 12.8 Å². The molecular formula is C16H17NO3. The van der Waals surface area contributed by atoms with Crippen LogP contribution >= 0.6 is 0 Å². The van der Waals surface area contributed by atoms with Gasteiger partial charge in [0.2, 0.25) is 0 Å². The molecule has 0 spiro atoms. The third kappa shape index (κ3) is 3.20. The number of carbonyl (C=O) groups is 3. The van der Waals surface area contributed by atoms with Gasteiger partial charge >= 0.3 is 0 Å². The first-order valence-electron chi connectivity index (χ1n) is 6.67. The average molecular weight is 271 g/mol. The van der Waals surface area contributed by atoms with E-state index in [0.29, 0.717) is 19.3 Å². The summed E-state index contributed by atoms with van der Waals surface area (Å²) >= 11 is 0. The molecule has 104 valence electrons. The Hall–Kier alpha value is -2.23. The number of anilines is 1. The van der Waals surface area contributed by atoms with Crippen molar-refractivity contribution in [2.75, 3.05) is 5.32 Å². The minimum atomic E-state index is -1.08. The number of ketones is 3. The molecule has 1 fully saturated rings. The van der Waals surface area contributed by atoms with Gasteiger partial charge in [0.25, 0.3) is 0 Å². The number of rotatable bonds is 4. The molecule has 0 aromatic heterocycles. The first-order valence-corrected chi connectivity index (χ1v) is 6.67. The van der Waals surface area contributed by atoms with Gasteiger partial charge in [-0.15, -0.1) is 0 Å². The molecule has 2 rings (SSSR count). The Kier molecular flexibility index (Phi) is 4.45. The fourth-order valence-corrected chi connectivity index (χ4v) is 2.27. The number of para-hydroxylation sites is 1. The van der Waals surface area contributed by atoms with Crippen molar-refractivity contribution in [3.63, 3.8) is 0 Å². The number of aryl methyl sites for hydroxylation is 1. The second-order valence-corrected chi connectivity index (χ2v) is 4.91. The maximum atomic E-state index is 11.9. The van der Waals surface area contributed by atoms with Crippen molar-refractivity contribution in [2.45, 2.75) is 26.2 Å². The first-order chi connectivity index (χ1) is 9.59. The molecule has 0 radical (unpaired) electrons. The average Bonchev–Trinajstić information content (AvgIpc) is 2.41. The van der Waals surface area contributed by atoms with Crippen molar-refractivity contribution >= 4 is 23.0 Å². The minimum absolute atomic E-state index is 0.258. The molecule has 1 aliphatic carbocycles. The van der Waals surface area contributed by atoms with Crippen molar-refractivity contribution in [3.05, 3.63) is 42.1 Å². The number of benzene rings is 1. The molecule has 4 heteroatoms. The Morgan fingerprint density at radius 3 is 2.50 bits per heavy atom. The molecule has 0 atom stereocenters. The van der Waals surface area contributed by atoms with E-state index < -0.39 is 11.7 Å². The normalized spacial score (nSPS) is 16.6. The van der Waals surface area contributed by atoms with Crippen LogP contribution in [-0.4, -0.2) is 17.3 Å². The molecule has 0 bridgehead atoms. The van der Waals surface area contributed by atoms with Gasteiger partial charge in [0, 0.05) is 24.7 Å². The quantitative estimate of drug-likeness (QED) is 0.675. The molecule has 1 aromatic rings. The number of hydrogen-bond acceptors (Lipinski definition) is 4. The molecule has 0 saturated heterocycles. The van der Waals surface area contributed by atoms with Crippen LogP contribution in [0.15, 0.2) is 36.5 Å². The standard InChI is InChI=1S/C16H17NO3/c1-11-5-2-3-6-12(11)17-10-9-15(20)16-13(18)7-4-8-14(16)19/h2-3,5-6,9-10,16-17H,4,7-8H2,1H3/b10-9-. The maximum Gasteiger partial charge on any atom is 0.175 e. The predicted octanol–water partition coefficient (Wildman–Crippen LogP) is 2.43. The second-order valence-electron chi connectivity index (χ2n) is 4.91. The Morgan fingerprint density at radius 1 is 1.20 bits per heavy atom. The number of allylic oxidation sites excluding steroid dienone is 1. The summed E-state index contributed by atoms with van der Waals surface area (Å²) in [6.07, 6.45) is 3.97. The lowest BCUT2D eigenvalue weighted by Gasteiger charge is -2.16. The van der Waals surface area contributed by atoms with Gasteiger partial charge in [-0.3, -0.25) is 14.4 Å². The fourth-order valence-electron chi connectivity index (χ4n) is 2.27. The zero-order chi connectivity index (χ0) is 14.5. The van der Waals surface area contributed by atoms with Gasteiger partial charge in [0.15, 0.2) is 17.3 Å². The molecule has 1 saturated carbocycles. The van der Waals surface area contributed by atoms with Crippen molar-refractivity contribution in [1.82, 2.24) is 0 Å². The molecule has 1 aliphatic rings. The second kappa shape index (κ2) is 6.28. The highest BCUT2D eigenvalue weighted by Gasteiger charge is 2.34. The summed E-state index contributed by atoms with van der Waals surface area (Å²) in [5.41, 5.74) is 1.94.